The van der Waals surface area contributed by atoms with Crippen LogP contribution in [0.4, 0.5) is 0 Å². The number of carbonyl (C=O) groups excluding carboxylic acids is 1. The molecule has 1 amide bonds. The van der Waals surface area contributed by atoms with Crippen molar-refractivity contribution in [3.63, 3.8) is 0 Å². The van der Waals surface area contributed by atoms with Crippen molar-refractivity contribution >= 4 is 12.0 Å². The van der Waals surface area contributed by atoms with Crippen molar-refractivity contribution in [1.82, 2.24) is 19.9 Å². The molecule has 1 saturated heterocycles. The number of nitrogens with zero attached hydrogens (tertiary/aromatic N) is 4. The molecule has 30 heavy (non-hydrogen) atoms. The van der Waals surface area contributed by atoms with Crippen molar-refractivity contribution < 1.29 is 9.53 Å². The van der Waals surface area contributed by atoms with Gasteiger partial charge in [0.15, 0.2) is 0 Å². The molecule has 2 heterocycles. The zero-order chi connectivity index (χ0) is 20.8. The smallest absolute Gasteiger partial charge is 0.247 e. The van der Waals surface area contributed by atoms with E-state index in [0.29, 0.717) is 18.8 Å². The summed E-state index contributed by atoms with van der Waals surface area (Å²) in [7, 11) is 0. The molecule has 1 fully saturated rings. The average Bonchev–Trinajstić information content (AvgIpc) is 3.43. The number of carbonyl (C=O) groups is 1. The average molecular weight is 402 g/mol. The van der Waals surface area contributed by atoms with Gasteiger partial charge >= 0.3 is 0 Å². The Kier molecular flexibility index (Phi) is 6.23. The van der Waals surface area contributed by atoms with E-state index in [1.807, 2.05) is 48.4 Å². The Morgan fingerprint density at radius 1 is 1.17 bits per heavy atom. The molecule has 1 aromatic heterocycles. The van der Waals surface area contributed by atoms with Crippen LogP contribution in [0.15, 0.2) is 66.9 Å². The molecule has 1 unspecified atom stereocenters. The molecule has 1 aliphatic rings. The number of likely N-dealkylation sites (tertiary alicyclic amines) is 1. The minimum Gasteiger partial charge on any atom is -0.494 e. The third-order valence-corrected chi connectivity index (χ3v) is 5.25. The number of hydrogen-bond acceptors (Lipinski definition) is 4. The van der Waals surface area contributed by atoms with Crippen LogP contribution in [0.3, 0.4) is 0 Å². The van der Waals surface area contributed by atoms with Crippen LogP contribution in [0.25, 0.3) is 6.08 Å². The molecule has 2 aromatic carbocycles. The van der Waals surface area contributed by atoms with Crippen molar-refractivity contribution in [3.05, 3.63) is 83.7 Å². The summed E-state index contributed by atoms with van der Waals surface area (Å²) in [5.41, 5.74) is 2.98. The van der Waals surface area contributed by atoms with E-state index in [-0.39, 0.29) is 11.9 Å². The second-order valence-electron chi connectivity index (χ2n) is 7.35. The fraction of sp³-hybridized carbons (Fsp3) is 0.292. The molecule has 154 valence electrons. The van der Waals surface area contributed by atoms with Crippen LogP contribution in [-0.2, 0) is 11.3 Å². The van der Waals surface area contributed by atoms with Gasteiger partial charge in [0.25, 0.3) is 0 Å². The summed E-state index contributed by atoms with van der Waals surface area (Å²) in [6, 6.07) is 18.3. The number of benzene rings is 2. The molecule has 4 rings (SSSR count). The van der Waals surface area contributed by atoms with E-state index < -0.39 is 0 Å². The first-order chi connectivity index (χ1) is 14.7. The lowest BCUT2D eigenvalue weighted by molar-refractivity contribution is -0.126. The van der Waals surface area contributed by atoms with Gasteiger partial charge < -0.3 is 9.64 Å². The fourth-order valence-electron chi connectivity index (χ4n) is 3.82. The van der Waals surface area contributed by atoms with Crippen LogP contribution in [0.2, 0.25) is 0 Å². The van der Waals surface area contributed by atoms with Crippen LogP contribution >= 0.6 is 0 Å². The van der Waals surface area contributed by atoms with Gasteiger partial charge in [0.2, 0.25) is 5.91 Å². The lowest BCUT2D eigenvalue weighted by Gasteiger charge is -2.24. The Morgan fingerprint density at radius 2 is 1.97 bits per heavy atom. The first kappa shape index (κ1) is 19.9. The Morgan fingerprint density at radius 3 is 2.73 bits per heavy atom. The summed E-state index contributed by atoms with van der Waals surface area (Å²) in [4.78, 5) is 14.8. The summed E-state index contributed by atoms with van der Waals surface area (Å²) in [6.45, 7) is 4.04. The van der Waals surface area contributed by atoms with Crippen LogP contribution in [0, 0.1) is 0 Å². The SMILES string of the molecule is CCOc1ccc(C2CCCN2C(=O)C=Cc2cn(Cc3ccccc3)nn2)cc1. The quantitative estimate of drug-likeness (QED) is 0.558. The van der Waals surface area contributed by atoms with Gasteiger partial charge in [0.1, 0.15) is 11.4 Å². The Hall–Kier alpha value is -3.41. The van der Waals surface area contributed by atoms with Crippen molar-refractivity contribution in [1.29, 1.82) is 0 Å². The third-order valence-electron chi connectivity index (χ3n) is 5.25. The highest BCUT2D eigenvalue weighted by Gasteiger charge is 2.28. The third kappa shape index (κ3) is 4.76. The summed E-state index contributed by atoms with van der Waals surface area (Å²) in [6.07, 6.45) is 7.17. The highest BCUT2D eigenvalue weighted by atomic mass is 16.5. The number of aromatic nitrogens is 3. The monoisotopic (exact) mass is 402 g/mol. The second kappa shape index (κ2) is 9.39. The molecule has 0 bridgehead atoms. The summed E-state index contributed by atoms with van der Waals surface area (Å²) < 4.78 is 7.29. The number of amides is 1. The van der Waals surface area contributed by atoms with Crippen LogP contribution < -0.4 is 4.74 Å². The Balaban J connectivity index is 1.39. The maximum absolute atomic E-state index is 12.8. The molecule has 6 heteroatoms. The first-order valence-corrected chi connectivity index (χ1v) is 10.4. The molecule has 6 nitrogen and oxygen atoms in total. The Bertz CT molecular complexity index is 996. The van der Waals surface area contributed by atoms with E-state index in [0.717, 1.165) is 36.3 Å². The molecule has 0 N–H and O–H groups in total. The summed E-state index contributed by atoms with van der Waals surface area (Å²) >= 11 is 0. The van der Waals surface area contributed by atoms with Crippen LogP contribution in [0.5, 0.6) is 5.75 Å². The predicted molar refractivity (Wildman–Crippen MR) is 116 cm³/mol. The molecule has 1 atom stereocenters. The number of hydrogen-bond donors (Lipinski definition) is 0. The molecular formula is C24H26N4O2. The van der Waals surface area contributed by atoms with Crippen LogP contribution in [-0.4, -0.2) is 39.0 Å². The highest BCUT2D eigenvalue weighted by molar-refractivity contribution is 5.92. The molecule has 0 radical (unpaired) electrons. The lowest BCUT2D eigenvalue weighted by Crippen LogP contribution is -2.28. The fourth-order valence-corrected chi connectivity index (χ4v) is 3.82. The zero-order valence-electron chi connectivity index (χ0n) is 17.1. The summed E-state index contributed by atoms with van der Waals surface area (Å²) in [5, 5.41) is 8.31. The first-order valence-electron chi connectivity index (χ1n) is 10.4. The minimum atomic E-state index is 0.00370. The van der Waals surface area contributed by atoms with Crippen LogP contribution in [0.1, 0.15) is 42.6 Å². The van der Waals surface area contributed by atoms with Gasteiger partial charge in [-0.3, -0.25) is 4.79 Å². The van der Waals surface area contributed by atoms with Crippen molar-refractivity contribution in [2.75, 3.05) is 13.2 Å². The predicted octanol–water partition coefficient (Wildman–Crippen LogP) is 4.10. The van der Waals surface area contributed by atoms with Gasteiger partial charge in [0, 0.05) is 12.6 Å². The van der Waals surface area contributed by atoms with E-state index in [4.69, 9.17) is 4.74 Å². The maximum Gasteiger partial charge on any atom is 0.247 e. The van der Waals surface area contributed by atoms with Crippen molar-refractivity contribution in [2.24, 2.45) is 0 Å². The molecule has 0 saturated carbocycles. The largest absolute Gasteiger partial charge is 0.494 e. The normalized spacial score (nSPS) is 16.3. The topological polar surface area (TPSA) is 60.2 Å². The molecular weight excluding hydrogens is 376 g/mol. The maximum atomic E-state index is 12.8. The zero-order valence-corrected chi connectivity index (χ0v) is 17.1. The molecule has 3 aromatic rings. The molecule has 0 aliphatic carbocycles. The molecule has 0 spiro atoms. The van der Waals surface area contributed by atoms with Gasteiger partial charge in [-0.2, -0.15) is 0 Å². The Labute approximate surface area is 176 Å². The number of ether oxygens (including phenoxy) is 1. The van der Waals surface area contributed by atoms with E-state index in [9.17, 15) is 4.79 Å². The molecule has 1 aliphatic heterocycles. The highest BCUT2D eigenvalue weighted by Crippen LogP contribution is 2.33. The van der Waals surface area contributed by atoms with E-state index in [1.165, 1.54) is 0 Å². The second-order valence-corrected chi connectivity index (χ2v) is 7.35. The van der Waals surface area contributed by atoms with E-state index >= 15 is 0 Å². The van der Waals surface area contributed by atoms with Gasteiger partial charge in [-0.05, 0) is 49.1 Å². The van der Waals surface area contributed by atoms with Gasteiger partial charge in [-0.15, -0.1) is 5.10 Å². The van der Waals surface area contributed by atoms with Crippen molar-refractivity contribution in [2.45, 2.75) is 32.4 Å². The standard InChI is InChI=1S/C24H26N4O2/c1-2-30-22-13-10-20(11-14-22)23-9-6-16-28(23)24(29)15-12-21-18-27(26-25-21)17-19-7-4-3-5-8-19/h3-5,7-8,10-15,18,23H,2,6,9,16-17H2,1H3. The van der Waals surface area contributed by atoms with Crippen molar-refractivity contribution in [3.8, 4) is 5.75 Å². The van der Waals surface area contributed by atoms with E-state index in [1.54, 1.807) is 16.8 Å². The van der Waals surface area contributed by atoms with Gasteiger partial charge in [-0.1, -0.05) is 47.7 Å². The van der Waals surface area contributed by atoms with Gasteiger partial charge in [-0.25, -0.2) is 4.68 Å². The van der Waals surface area contributed by atoms with Gasteiger partial charge in [0.05, 0.1) is 25.4 Å². The minimum absolute atomic E-state index is 0.00370. The van der Waals surface area contributed by atoms with E-state index in [2.05, 4.69) is 34.6 Å². The summed E-state index contributed by atoms with van der Waals surface area (Å²) in [5.74, 6) is 0.861. The lowest BCUT2D eigenvalue weighted by atomic mass is 10.0. The number of rotatable bonds is 7.